The van der Waals surface area contributed by atoms with E-state index >= 15 is 0 Å². The summed E-state index contributed by atoms with van der Waals surface area (Å²) in [6.45, 7) is 7.61. The van der Waals surface area contributed by atoms with Gasteiger partial charge < -0.3 is 9.47 Å². The van der Waals surface area contributed by atoms with E-state index in [4.69, 9.17) is 32.7 Å². The number of halogens is 2. The monoisotopic (exact) mass is 438 g/mol. The van der Waals surface area contributed by atoms with Crippen molar-refractivity contribution >= 4 is 35.0 Å². The second-order valence-electron chi connectivity index (χ2n) is 7.44. The zero-order valence-electron chi connectivity index (χ0n) is 16.7. The summed E-state index contributed by atoms with van der Waals surface area (Å²) in [6.07, 6.45) is -0.803. The van der Waals surface area contributed by atoms with Crippen molar-refractivity contribution in [2.45, 2.75) is 39.2 Å². The first-order valence-electron chi connectivity index (χ1n) is 9.00. The van der Waals surface area contributed by atoms with Crippen molar-refractivity contribution in [1.29, 1.82) is 0 Å². The molecule has 0 saturated carbocycles. The van der Waals surface area contributed by atoms with Gasteiger partial charge in [-0.15, -0.1) is 0 Å². The normalized spacial score (nSPS) is 12.1. The van der Waals surface area contributed by atoms with E-state index in [1.807, 2.05) is 24.3 Å². The molecule has 0 saturated heterocycles. The third-order valence-corrected chi connectivity index (χ3v) is 4.51. The molecule has 1 unspecified atom stereocenters. The molecule has 0 heterocycles. The van der Waals surface area contributed by atoms with E-state index in [1.165, 1.54) is 6.07 Å². The van der Waals surface area contributed by atoms with Gasteiger partial charge in [0.15, 0.2) is 12.7 Å². The molecule has 0 fully saturated rings. The molecule has 0 aliphatic carbocycles. The van der Waals surface area contributed by atoms with Crippen LogP contribution in [0.5, 0.6) is 11.5 Å². The summed E-state index contributed by atoms with van der Waals surface area (Å²) in [7, 11) is 0. The van der Waals surface area contributed by atoms with Crippen molar-refractivity contribution in [1.82, 2.24) is 10.9 Å². The summed E-state index contributed by atoms with van der Waals surface area (Å²) in [5.74, 6) is -0.172. The Kier molecular flexibility index (Phi) is 7.76. The first kappa shape index (κ1) is 22.8. The summed E-state index contributed by atoms with van der Waals surface area (Å²) < 4.78 is 10.9. The van der Waals surface area contributed by atoms with Crippen molar-refractivity contribution in [3.05, 3.63) is 58.1 Å². The van der Waals surface area contributed by atoms with E-state index in [0.717, 1.165) is 5.56 Å². The number of ether oxygens (including phenoxy) is 2. The van der Waals surface area contributed by atoms with Crippen LogP contribution in [0.15, 0.2) is 42.5 Å². The van der Waals surface area contributed by atoms with Crippen molar-refractivity contribution in [2.75, 3.05) is 6.61 Å². The Bertz CT molecular complexity index is 864. The molecule has 29 heavy (non-hydrogen) atoms. The van der Waals surface area contributed by atoms with Crippen LogP contribution in [0.1, 0.15) is 33.3 Å². The Labute approximate surface area is 180 Å². The molecule has 0 aliphatic rings. The van der Waals surface area contributed by atoms with E-state index in [9.17, 15) is 9.59 Å². The number of nitrogens with one attached hydrogen (secondary N) is 2. The molecule has 8 heteroatoms. The number of carbonyl (C=O) groups is 2. The average Bonchev–Trinajstić information content (AvgIpc) is 2.65. The summed E-state index contributed by atoms with van der Waals surface area (Å²) in [5.41, 5.74) is 5.76. The topological polar surface area (TPSA) is 76.7 Å². The molecule has 2 aromatic carbocycles. The van der Waals surface area contributed by atoms with Crippen LogP contribution >= 0.6 is 23.2 Å². The van der Waals surface area contributed by atoms with E-state index < -0.39 is 17.9 Å². The lowest BCUT2D eigenvalue weighted by Crippen LogP contribution is -2.48. The average molecular weight is 439 g/mol. The highest BCUT2D eigenvalue weighted by molar-refractivity contribution is 6.35. The molecule has 0 bridgehead atoms. The Morgan fingerprint density at radius 2 is 1.69 bits per heavy atom. The minimum absolute atomic E-state index is 0.0319. The van der Waals surface area contributed by atoms with Crippen LogP contribution in [-0.2, 0) is 15.0 Å². The molecule has 156 valence electrons. The Balaban J connectivity index is 1.78. The van der Waals surface area contributed by atoms with Crippen LogP contribution in [0.2, 0.25) is 10.0 Å². The van der Waals surface area contributed by atoms with E-state index in [1.54, 1.807) is 19.1 Å². The Morgan fingerprint density at radius 1 is 1.03 bits per heavy atom. The van der Waals surface area contributed by atoms with Crippen LogP contribution in [0.4, 0.5) is 0 Å². The predicted octanol–water partition coefficient (Wildman–Crippen LogP) is 4.28. The lowest BCUT2D eigenvalue weighted by molar-refractivity contribution is -0.133. The zero-order valence-corrected chi connectivity index (χ0v) is 18.2. The van der Waals surface area contributed by atoms with Gasteiger partial charge in [0.25, 0.3) is 11.8 Å². The number of benzene rings is 2. The molecular formula is C21H24Cl2N2O4. The number of carbonyl (C=O) groups excluding carboxylic acids is 2. The first-order chi connectivity index (χ1) is 13.6. The predicted molar refractivity (Wildman–Crippen MR) is 113 cm³/mol. The molecule has 0 aliphatic heterocycles. The lowest BCUT2D eigenvalue weighted by Gasteiger charge is -2.20. The number of hydrogen-bond donors (Lipinski definition) is 2. The number of amides is 2. The van der Waals surface area contributed by atoms with Gasteiger partial charge in [0.05, 0.1) is 5.02 Å². The maximum absolute atomic E-state index is 12.1. The van der Waals surface area contributed by atoms with Crippen LogP contribution < -0.4 is 20.3 Å². The van der Waals surface area contributed by atoms with Crippen molar-refractivity contribution < 1.29 is 19.1 Å². The van der Waals surface area contributed by atoms with Gasteiger partial charge in [-0.1, -0.05) is 56.1 Å². The summed E-state index contributed by atoms with van der Waals surface area (Å²) in [4.78, 5) is 24.0. The third kappa shape index (κ3) is 7.15. The summed E-state index contributed by atoms with van der Waals surface area (Å²) in [5, 5.41) is 0.745. The fourth-order valence-corrected chi connectivity index (χ4v) is 2.76. The van der Waals surface area contributed by atoms with Gasteiger partial charge in [0, 0.05) is 5.02 Å². The van der Waals surface area contributed by atoms with Crippen molar-refractivity contribution in [2.24, 2.45) is 0 Å². The minimum Gasteiger partial charge on any atom is -0.482 e. The second kappa shape index (κ2) is 9.85. The van der Waals surface area contributed by atoms with E-state index in [2.05, 4.69) is 31.6 Å². The molecule has 2 N–H and O–H groups in total. The standard InChI is InChI=1S/C21H24Cl2N2O4/c1-13(29-16-8-5-14(6-9-16)21(2,3)4)20(27)25-24-19(26)12-28-18-10-7-15(22)11-17(18)23/h5-11,13H,12H2,1-4H3,(H,24,26)(H,25,27). The second-order valence-corrected chi connectivity index (χ2v) is 8.28. The van der Waals surface area contributed by atoms with Crippen LogP contribution in [0, 0.1) is 0 Å². The molecule has 0 spiro atoms. The highest BCUT2D eigenvalue weighted by Crippen LogP contribution is 2.27. The van der Waals surface area contributed by atoms with Gasteiger partial charge in [-0.3, -0.25) is 20.4 Å². The van der Waals surface area contributed by atoms with Gasteiger partial charge in [0.1, 0.15) is 11.5 Å². The molecule has 2 rings (SSSR count). The van der Waals surface area contributed by atoms with Gasteiger partial charge in [-0.05, 0) is 48.2 Å². The van der Waals surface area contributed by atoms with Gasteiger partial charge in [0.2, 0.25) is 0 Å². The third-order valence-electron chi connectivity index (χ3n) is 3.98. The highest BCUT2D eigenvalue weighted by Gasteiger charge is 2.17. The molecule has 0 aromatic heterocycles. The van der Waals surface area contributed by atoms with Crippen LogP contribution in [0.3, 0.4) is 0 Å². The molecule has 6 nitrogen and oxygen atoms in total. The number of rotatable bonds is 6. The summed E-state index contributed by atoms with van der Waals surface area (Å²) in [6, 6.07) is 12.2. The Morgan fingerprint density at radius 3 is 2.28 bits per heavy atom. The van der Waals surface area contributed by atoms with Gasteiger partial charge in [-0.25, -0.2) is 0 Å². The minimum atomic E-state index is -0.803. The van der Waals surface area contributed by atoms with Crippen LogP contribution in [-0.4, -0.2) is 24.5 Å². The van der Waals surface area contributed by atoms with Crippen molar-refractivity contribution in [3.63, 3.8) is 0 Å². The molecule has 1 atom stereocenters. The summed E-state index contributed by atoms with van der Waals surface area (Å²) >= 11 is 11.8. The van der Waals surface area contributed by atoms with Crippen molar-refractivity contribution in [3.8, 4) is 11.5 Å². The fourth-order valence-electron chi connectivity index (χ4n) is 2.30. The SMILES string of the molecule is CC(Oc1ccc(C(C)(C)C)cc1)C(=O)NNC(=O)COc1ccc(Cl)cc1Cl. The lowest BCUT2D eigenvalue weighted by atomic mass is 9.87. The zero-order chi connectivity index (χ0) is 21.6. The van der Waals surface area contributed by atoms with E-state index in [-0.39, 0.29) is 17.0 Å². The highest BCUT2D eigenvalue weighted by atomic mass is 35.5. The molecule has 0 radical (unpaired) electrons. The van der Waals surface area contributed by atoms with Gasteiger partial charge in [-0.2, -0.15) is 0 Å². The molecule has 2 amide bonds. The maximum Gasteiger partial charge on any atom is 0.279 e. The molecular weight excluding hydrogens is 415 g/mol. The maximum atomic E-state index is 12.1. The Hall–Kier alpha value is -2.44. The van der Waals surface area contributed by atoms with Gasteiger partial charge >= 0.3 is 0 Å². The number of hydrazine groups is 1. The first-order valence-corrected chi connectivity index (χ1v) is 9.75. The van der Waals surface area contributed by atoms with E-state index in [0.29, 0.717) is 16.5 Å². The molecule has 2 aromatic rings. The number of hydrogen-bond acceptors (Lipinski definition) is 4. The smallest absolute Gasteiger partial charge is 0.279 e. The largest absolute Gasteiger partial charge is 0.482 e. The van der Waals surface area contributed by atoms with Crippen LogP contribution in [0.25, 0.3) is 0 Å². The fraction of sp³-hybridized carbons (Fsp3) is 0.333. The quantitative estimate of drug-likeness (QED) is 0.659.